The molecule has 0 bridgehead atoms. The Hall–Kier alpha value is -1.06. The molecule has 114 valence electrons. The Morgan fingerprint density at radius 2 is 1.80 bits per heavy atom. The molecule has 1 atom stereocenters. The van der Waals surface area contributed by atoms with Crippen LogP contribution in [0.3, 0.4) is 0 Å². The number of carbonyl (C=O) groups is 2. The summed E-state index contributed by atoms with van der Waals surface area (Å²) in [6.07, 6.45) is 4.44. The molecule has 2 fully saturated rings. The summed E-state index contributed by atoms with van der Waals surface area (Å²) >= 11 is 0. The lowest BCUT2D eigenvalue weighted by molar-refractivity contribution is -0.130. The van der Waals surface area contributed by atoms with Gasteiger partial charge in [0.15, 0.2) is 0 Å². The fraction of sp³-hybridized carbons (Fsp3) is 0.875. The molecule has 0 aromatic carbocycles. The standard InChI is InChI=1S/C16H28N2O2/c1-15(2)7-12(8-16(3,4)10-15)18-14(20)11-5-6-13(19)17-9-11/h11-12H,5-10H2,1-4H3,(H,17,19)(H,18,20). The van der Waals surface area contributed by atoms with Gasteiger partial charge in [0, 0.05) is 19.0 Å². The molecule has 4 heteroatoms. The van der Waals surface area contributed by atoms with Crippen molar-refractivity contribution in [3.63, 3.8) is 0 Å². The Balaban J connectivity index is 1.92. The van der Waals surface area contributed by atoms with Gasteiger partial charge < -0.3 is 10.6 Å². The van der Waals surface area contributed by atoms with E-state index in [2.05, 4.69) is 38.3 Å². The fourth-order valence-electron chi connectivity index (χ4n) is 4.22. The van der Waals surface area contributed by atoms with Gasteiger partial charge in [0.25, 0.3) is 0 Å². The first-order chi connectivity index (χ1) is 9.17. The van der Waals surface area contributed by atoms with Crippen LogP contribution in [0.1, 0.15) is 59.8 Å². The van der Waals surface area contributed by atoms with Crippen LogP contribution in [0.5, 0.6) is 0 Å². The van der Waals surface area contributed by atoms with Crippen LogP contribution in [0.25, 0.3) is 0 Å². The third-order valence-corrected chi connectivity index (χ3v) is 4.54. The van der Waals surface area contributed by atoms with Crippen molar-refractivity contribution in [3.05, 3.63) is 0 Å². The molecule has 4 nitrogen and oxygen atoms in total. The van der Waals surface area contributed by atoms with Gasteiger partial charge in [-0.1, -0.05) is 27.7 Å². The van der Waals surface area contributed by atoms with E-state index in [-0.39, 0.29) is 34.6 Å². The molecule has 1 saturated heterocycles. The van der Waals surface area contributed by atoms with Crippen LogP contribution in [0.2, 0.25) is 0 Å². The van der Waals surface area contributed by atoms with Gasteiger partial charge in [0.2, 0.25) is 11.8 Å². The highest BCUT2D eigenvalue weighted by atomic mass is 16.2. The zero-order chi connectivity index (χ0) is 15.0. The Morgan fingerprint density at radius 1 is 1.20 bits per heavy atom. The second kappa shape index (κ2) is 5.38. The van der Waals surface area contributed by atoms with Crippen molar-refractivity contribution in [2.45, 2.75) is 65.8 Å². The van der Waals surface area contributed by atoms with Crippen molar-refractivity contribution in [1.82, 2.24) is 10.6 Å². The highest BCUT2D eigenvalue weighted by molar-refractivity contribution is 5.83. The maximum atomic E-state index is 12.3. The van der Waals surface area contributed by atoms with Gasteiger partial charge in [0.05, 0.1) is 5.92 Å². The van der Waals surface area contributed by atoms with Crippen LogP contribution >= 0.6 is 0 Å². The minimum absolute atomic E-state index is 0.0548. The second-order valence-electron chi connectivity index (χ2n) is 8.16. The maximum absolute atomic E-state index is 12.3. The van der Waals surface area contributed by atoms with Crippen LogP contribution in [-0.2, 0) is 9.59 Å². The van der Waals surface area contributed by atoms with E-state index in [0.717, 1.165) is 12.8 Å². The highest BCUT2D eigenvalue weighted by Gasteiger charge is 2.39. The molecule has 1 aliphatic heterocycles. The number of carbonyl (C=O) groups excluding carboxylic acids is 2. The van der Waals surface area contributed by atoms with Gasteiger partial charge >= 0.3 is 0 Å². The first-order valence-electron chi connectivity index (χ1n) is 7.74. The van der Waals surface area contributed by atoms with Crippen molar-refractivity contribution < 1.29 is 9.59 Å². The maximum Gasteiger partial charge on any atom is 0.225 e. The van der Waals surface area contributed by atoms with Crippen LogP contribution in [-0.4, -0.2) is 24.4 Å². The van der Waals surface area contributed by atoms with Gasteiger partial charge in [-0.2, -0.15) is 0 Å². The van der Waals surface area contributed by atoms with Crippen LogP contribution in [0, 0.1) is 16.7 Å². The molecule has 0 spiro atoms. The van der Waals surface area contributed by atoms with E-state index >= 15 is 0 Å². The van der Waals surface area contributed by atoms with Crippen molar-refractivity contribution in [1.29, 1.82) is 0 Å². The summed E-state index contributed by atoms with van der Waals surface area (Å²) in [6.45, 7) is 9.63. The Kier molecular flexibility index (Phi) is 4.12. The molecule has 2 rings (SSSR count). The minimum Gasteiger partial charge on any atom is -0.355 e. The SMILES string of the molecule is CC1(C)CC(NC(=O)C2CCC(=O)NC2)CC(C)(C)C1. The lowest BCUT2D eigenvalue weighted by atomic mass is 9.63. The number of nitrogens with one attached hydrogen (secondary N) is 2. The van der Waals surface area contributed by atoms with E-state index in [1.807, 2.05) is 0 Å². The lowest BCUT2D eigenvalue weighted by Gasteiger charge is -2.45. The zero-order valence-electron chi connectivity index (χ0n) is 13.2. The highest BCUT2D eigenvalue weighted by Crippen LogP contribution is 2.45. The van der Waals surface area contributed by atoms with Crippen molar-refractivity contribution in [3.8, 4) is 0 Å². The first kappa shape index (κ1) is 15.3. The number of amides is 2. The molecular formula is C16H28N2O2. The van der Waals surface area contributed by atoms with Crippen molar-refractivity contribution >= 4 is 11.8 Å². The summed E-state index contributed by atoms with van der Waals surface area (Å²) in [7, 11) is 0. The average Bonchev–Trinajstić information content (AvgIpc) is 2.25. The van der Waals surface area contributed by atoms with Gasteiger partial charge in [-0.15, -0.1) is 0 Å². The largest absolute Gasteiger partial charge is 0.355 e. The monoisotopic (exact) mass is 280 g/mol. The molecule has 0 aromatic heterocycles. The summed E-state index contributed by atoms with van der Waals surface area (Å²) in [4.78, 5) is 23.5. The number of rotatable bonds is 2. The molecule has 0 radical (unpaired) electrons. The van der Waals surface area contributed by atoms with Gasteiger partial charge in [-0.25, -0.2) is 0 Å². The van der Waals surface area contributed by atoms with E-state index in [4.69, 9.17) is 0 Å². The topological polar surface area (TPSA) is 58.2 Å². The molecule has 2 aliphatic rings. The lowest BCUT2D eigenvalue weighted by Crippen LogP contribution is -2.50. The number of hydrogen-bond acceptors (Lipinski definition) is 2. The number of hydrogen-bond donors (Lipinski definition) is 2. The van der Waals surface area contributed by atoms with E-state index in [9.17, 15) is 9.59 Å². The molecule has 1 heterocycles. The van der Waals surface area contributed by atoms with Gasteiger partial charge in [-0.05, 0) is 36.5 Å². The fourth-order valence-corrected chi connectivity index (χ4v) is 4.22. The molecule has 1 unspecified atom stereocenters. The average molecular weight is 280 g/mol. The van der Waals surface area contributed by atoms with E-state index in [1.165, 1.54) is 6.42 Å². The molecule has 2 amide bonds. The van der Waals surface area contributed by atoms with Crippen molar-refractivity contribution in [2.75, 3.05) is 6.54 Å². The second-order valence-corrected chi connectivity index (χ2v) is 8.16. The van der Waals surface area contributed by atoms with Gasteiger partial charge in [0.1, 0.15) is 0 Å². The smallest absolute Gasteiger partial charge is 0.225 e. The molecule has 2 N–H and O–H groups in total. The van der Waals surface area contributed by atoms with Crippen LogP contribution < -0.4 is 10.6 Å². The van der Waals surface area contributed by atoms with E-state index in [1.54, 1.807) is 0 Å². The molecule has 1 saturated carbocycles. The molecular weight excluding hydrogens is 252 g/mol. The van der Waals surface area contributed by atoms with E-state index in [0.29, 0.717) is 19.4 Å². The predicted octanol–water partition coefficient (Wildman–Crippen LogP) is 2.23. The molecule has 0 aromatic rings. The summed E-state index contributed by atoms with van der Waals surface area (Å²) in [6, 6.07) is 0.263. The molecule has 1 aliphatic carbocycles. The third kappa shape index (κ3) is 3.97. The number of piperidine rings is 1. The van der Waals surface area contributed by atoms with E-state index < -0.39 is 0 Å². The van der Waals surface area contributed by atoms with Crippen LogP contribution in [0.15, 0.2) is 0 Å². The third-order valence-electron chi connectivity index (χ3n) is 4.54. The summed E-state index contributed by atoms with van der Waals surface area (Å²) in [5.41, 5.74) is 0.557. The summed E-state index contributed by atoms with van der Waals surface area (Å²) < 4.78 is 0. The Morgan fingerprint density at radius 3 is 2.30 bits per heavy atom. The van der Waals surface area contributed by atoms with Crippen molar-refractivity contribution in [2.24, 2.45) is 16.7 Å². The normalized spacial score (nSPS) is 29.6. The van der Waals surface area contributed by atoms with Crippen LogP contribution in [0.4, 0.5) is 0 Å². The molecule has 20 heavy (non-hydrogen) atoms. The quantitative estimate of drug-likeness (QED) is 0.815. The Labute approximate surface area is 122 Å². The minimum atomic E-state index is -0.0548. The first-order valence-corrected chi connectivity index (χ1v) is 7.74. The predicted molar refractivity (Wildman–Crippen MR) is 79.1 cm³/mol. The summed E-state index contributed by atoms with van der Waals surface area (Å²) in [5.74, 6) is 0.123. The zero-order valence-corrected chi connectivity index (χ0v) is 13.2. The summed E-state index contributed by atoms with van der Waals surface area (Å²) in [5, 5.41) is 6.01. The Bertz CT molecular complexity index is 375. The van der Waals surface area contributed by atoms with Gasteiger partial charge in [-0.3, -0.25) is 9.59 Å².